The van der Waals surface area contributed by atoms with Crippen molar-refractivity contribution in [2.24, 2.45) is 0 Å². The highest BCUT2D eigenvalue weighted by molar-refractivity contribution is 7.89. The normalized spacial score (nSPS) is 19.0. The number of nitriles is 1. The summed E-state index contributed by atoms with van der Waals surface area (Å²) in [6.45, 7) is 0.797. The zero-order valence-corrected chi connectivity index (χ0v) is 12.6. The molecule has 0 N–H and O–H groups in total. The van der Waals surface area contributed by atoms with Crippen LogP contribution in [0.5, 0.6) is 0 Å². The molecule has 1 fully saturated rings. The van der Waals surface area contributed by atoms with Gasteiger partial charge in [-0.15, -0.1) is 0 Å². The second-order valence-corrected chi connectivity index (χ2v) is 7.03. The molecule has 1 aromatic carbocycles. The molecule has 0 bridgehead atoms. The van der Waals surface area contributed by atoms with Gasteiger partial charge in [0, 0.05) is 31.4 Å². The number of aromatic nitrogens is 2. The largest absolute Gasteiger partial charge is 0.243 e. The molecule has 22 heavy (non-hydrogen) atoms. The molecule has 0 amide bonds. The van der Waals surface area contributed by atoms with Crippen LogP contribution in [-0.2, 0) is 10.0 Å². The third kappa shape index (κ3) is 2.71. The van der Waals surface area contributed by atoms with Crippen LogP contribution in [0, 0.1) is 11.3 Å². The summed E-state index contributed by atoms with van der Waals surface area (Å²) in [6, 6.07) is 9.79. The van der Waals surface area contributed by atoms with Crippen LogP contribution in [0.3, 0.4) is 0 Å². The summed E-state index contributed by atoms with van der Waals surface area (Å²) in [4.78, 5) is 8.56. The van der Waals surface area contributed by atoms with E-state index in [1.54, 1.807) is 30.6 Å². The van der Waals surface area contributed by atoms with Gasteiger partial charge in [0.2, 0.25) is 10.0 Å². The van der Waals surface area contributed by atoms with Crippen molar-refractivity contribution < 1.29 is 8.42 Å². The minimum absolute atomic E-state index is 0.00937. The van der Waals surface area contributed by atoms with Gasteiger partial charge in [-0.2, -0.15) is 9.57 Å². The standard InChI is InChI=1S/C15H14N4O2S/c16-10-12-3-1-4-14(9-12)22(20,21)19-8-5-13(11-19)15-17-6-2-7-18-15/h1-4,6-7,9,13H,5,8,11H2. The molecule has 0 saturated carbocycles. The Bertz CT molecular complexity index is 815. The van der Waals surface area contributed by atoms with Gasteiger partial charge in [0.05, 0.1) is 16.5 Å². The van der Waals surface area contributed by atoms with Crippen LogP contribution < -0.4 is 0 Å². The fourth-order valence-corrected chi connectivity index (χ4v) is 4.10. The number of nitrogens with zero attached hydrogens (tertiary/aromatic N) is 4. The minimum atomic E-state index is -3.59. The first kappa shape index (κ1) is 14.6. The van der Waals surface area contributed by atoms with E-state index in [-0.39, 0.29) is 10.8 Å². The Morgan fingerprint density at radius 1 is 1.23 bits per heavy atom. The Morgan fingerprint density at radius 3 is 2.73 bits per heavy atom. The molecule has 6 nitrogen and oxygen atoms in total. The van der Waals surface area contributed by atoms with E-state index in [4.69, 9.17) is 5.26 Å². The monoisotopic (exact) mass is 314 g/mol. The first-order valence-corrected chi connectivity index (χ1v) is 8.32. The second kappa shape index (κ2) is 5.83. The Kier molecular flexibility index (Phi) is 3.88. The maximum absolute atomic E-state index is 12.7. The lowest BCUT2D eigenvalue weighted by atomic mass is 10.1. The summed E-state index contributed by atoms with van der Waals surface area (Å²) in [5.74, 6) is 0.682. The zero-order valence-electron chi connectivity index (χ0n) is 11.8. The fraction of sp³-hybridized carbons (Fsp3) is 0.267. The van der Waals surface area contributed by atoms with Gasteiger partial charge in [0.1, 0.15) is 5.82 Å². The molecule has 1 atom stereocenters. The van der Waals surface area contributed by atoms with Crippen LogP contribution in [0.25, 0.3) is 0 Å². The third-order valence-corrected chi connectivity index (χ3v) is 5.56. The molecular weight excluding hydrogens is 300 g/mol. The molecule has 2 aromatic rings. The summed E-state index contributed by atoms with van der Waals surface area (Å²) >= 11 is 0. The highest BCUT2D eigenvalue weighted by atomic mass is 32.2. The smallest absolute Gasteiger partial charge is 0.241 e. The van der Waals surface area contributed by atoms with Crippen molar-refractivity contribution in [3.8, 4) is 6.07 Å². The van der Waals surface area contributed by atoms with Gasteiger partial charge in [-0.25, -0.2) is 18.4 Å². The van der Waals surface area contributed by atoms with E-state index in [0.29, 0.717) is 30.9 Å². The molecule has 0 spiro atoms. The molecule has 0 aliphatic carbocycles. The number of hydrogen-bond donors (Lipinski definition) is 0. The van der Waals surface area contributed by atoms with Crippen molar-refractivity contribution in [3.05, 3.63) is 54.1 Å². The van der Waals surface area contributed by atoms with Crippen LogP contribution in [0.2, 0.25) is 0 Å². The predicted octanol–water partition coefficient (Wildman–Crippen LogP) is 1.53. The van der Waals surface area contributed by atoms with Gasteiger partial charge in [0.25, 0.3) is 0 Å². The predicted molar refractivity (Wildman–Crippen MR) is 79.3 cm³/mol. The Balaban J connectivity index is 1.84. The molecule has 1 aliphatic rings. The zero-order chi connectivity index (χ0) is 15.6. The van der Waals surface area contributed by atoms with Gasteiger partial charge >= 0.3 is 0 Å². The second-order valence-electron chi connectivity index (χ2n) is 5.10. The van der Waals surface area contributed by atoms with E-state index in [9.17, 15) is 8.42 Å². The Labute approximate surface area is 129 Å². The summed E-state index contributed by atoms with van der Waals surface area (Å²) in [7, 11) is -3.59. The SMILES string of the molecule is N#Cc1cccc(S(=O)(=O)N2CCC(c3ncccn3)C2)c1. The van der Waals surface area contributed by atoms with E-state index in [1.165, 1.54) is 16.4 Å². The molecule has 7 heteroatoms. The molecule has 3 rings (SSSR count). The summed E-state index contributed by atoms with van der Waals surface area (Å²) in [5.41, 5.74) is 0.336. The average molecular weight is 314 g/mol. The van der Waals surface area contributed by atoms with Gasteiger partial charge in [-0.05, 0) is 30.7 Å². The molecule has 1 unspecified atom stereocenters. The van der Waals surface area contributed by atoms with E-state index >= 15 is 0 Å². The van der Waals surface area contributed by atoms with Crippen molar-refractivity contribution >= 4 is 10.0 Å². The first-order chi connectivity index (χ1) is 10.6. The molecule has 2 heterocycles. The summed E-state index contributed by atoms with van der Waals surface area (Å²) in [6.07, 6.45) is 4.02. The average Bonchev–Trinajstić information content (AvgIpc) is 3.06. The van der Waals surface area contributed by atoms with E-state index in [1.807, 2.05) is 6.07 Å². The lowest BCUT2D eigenvalue weighted by Crippen LogP contribution is -2.28. The number of benzene rings is 1. The van der Waals surface area contributed by atoms with Gasteiger partial charge in [-0.3, -0.25) is 0 Å². The first-order valence-electron chi connectivity index (χ1n) is 6.88. The van der Waals surface area contributed by atoms with Gasteiger partial charge < -0.3 is 0 Å². The Hall–Kier alpha value is -2.30. The van der Waals surface area contributed by atoms with Crippen LogP contribution in [-0.4, -0.2) is 35.8 Å². The molecule has 1 aromatic heterocycles. The topological polar surface area (TPSA) is 87.0 Å². The number of sulfonamides is 1. The van der Waals surface area contributed by atoms with Crippen molar-refractivity contribution in [2.75, 3.05) is 13.1 Å². The van der Waals surface area contributed by atoms with E-state index in [2.05, 4.69) is 9.97 Å². The maximum Gasteiger partial charge on any atom is 0.243 e. The van der Waals surface area contributed by atoms with E-state index < -0.39 is 10.0 Å². The van der Waals surface area contributed by atoms with Crippen LogP contribution in [0.15, 0.2) is 47.6 Å². The highest BCUT2D eigenvalue weighted by Crippen LogP contribution is 2.29. The lowest BCUT2D eigenvalue weighted by molar-refractivity contribution is 0.471. The number of hydrogen-bond acceptors (Lipinski definition) is 5. The summed E-state index contributed by atoms with van der Waals surface area (Å²) < 4.78 is 26.7. The van der Waals surface area contributed by atoms with Crippen molar-refractivity contribution in [2.45, 2.75) is 17.2 Å². The molecular formula is C15H14N4O2S. The van der Waals surface area contributed by atoms with Gasteiger partial charge in [0.15, 0.2) is 0 Å². The Morgan fingerprint density at radius 2 is 2.00 bits per heavy atom. The molecule has 0 radical (unpaired) electrons. The maximum atomic E-state index is 12.7. The van der Waals surface area contributed by atoms with Crippen LogP contribution in [0.1, 0.15) is 23.7 Å². The van der Waals surface area contributed by atoms with E-state index in [0.717, 1.165) is 0 Å². The quantitative estimate of drug-likeness (QED) is 0.857. The summed E-state index contributed by atoms with van der Waals surface area (Å²) in [5, 5.41) is 8.91. The molecule has 1 aliphatic heterocycles. The highest BCUT2D eigenvalue weighted by Gasteiger charge is 2.34. The van der Waals surface area contributed by atoms with Crippen molar-refractivity contribution in [1.82, 2.24) is 14.3 Å². The minimum Gasteiger partial charge on any atom is -0.241 e. The lowest BCUT2D eigenvalue weighted by Gasteiger charge is -2.16. The fourth-order valence-electron chi connectivity index (χ4n) is 2.55. The molecule has 1 saturated heterocycles. The van der Waals surface area contributed by atoms with Crippen molar-refractivity contribution in [3.63, 3.8) is 0 Å². The third-order valence-electron chi connectivity index (χ3n) is 3.70. The van der Waals surface area contributed by atoms with Crippen molar-refractivity contribution in [1.29, 1.82) is 5.26 Å². The molecule has 112 valence electrons. The number of rotatable bonds is 3. The van der Waals surface area contributed by atoms with Gasteiger partial charge in [-0.1, -0.05) is 6.07 Å². The van der Waals surface area contributed by atoms with Crippen LogP contribution in [0.4, 0.5) is 0 Å². The van der Waals surface area contributed by atoms with Crippen LogP contribution >= 0.6 is 0 Å².